The van der Waals surface area contributed by atoms with Crippen LogP contribution in [-0.4, -0.2) is 20.7 Å². The SMILES string of the molecule is Cc1cc(=O)c(C(=O)OCc2ccc(Cl)nc2)nn1-c1ccc(Cl)cc1. The van der Waals surface area contributed by atoms with Crippen LogP contribution in [0.25, 0.3) is 5.69 Å². The fraction of sp³-hybridized carbons (Fsp3) is 0.111. The van der Waals surface area contributed by atoms with Crippen LogP contribution in [0.4, 0.5) is 0 Å². The molecule has 0 bridgehead atoms. The van der Waals surface area contributed by atoms with Crippen molar-refractivity contribution in [2.75, 3.05) is 0 Å². The number of carbonyl (C=O) groups excluding carboxylic acids is 1. The van der Waals surface area contributed by atoms with Crippen molar-refractivity contribution in [1.82, 2.24) is 14.8 Å². The molecule has 0 aliphatic rings. The van der Waals surface area contributed by atoms with E-state index in [1.807, 2.05) is 0 Å². The molecule has 3 rings (SSSR count). The number of hydrogen-bond donors (Lipinski definition) is 0. The third kappa shape index (κ3) is 4.09. The number of nitrogens with zero attached hydrogens (tertiary/aromatic N) is 3. The zero-order valence-electron chi connectivity index (χ0n) is 13.6. The van der Waals surface area contributed by atoms with Crippen LogP contribution in [0.2, 0.25) is 10.2 Å². The second-order valence-electron chi connectivity index (χ2n) is 5.45. The van der Waals surface area contributed by atoms with Crippen LogP contribution in [0.3, 0.4) is 0 Å². The molecule has 0 aliphatic carbocycles. The highest BCUT2D eigenvalue weighted by Crippen LogP contribution is 2.14. The number of aromatic nitrogens is 3. The predicted molar refractivity (Wildman–Crippen MR) is 97.9 cm³/mol. The van der Waals surface area contributed by atoms with Gasteiger partial charge in [0.1, 0.15) is 11.8 Å². The first-order valence-electron chi connectivity index (χ1n) is 7.58. The summed E-state index contributed by atoms with van der Waals surface area (Å²) in [6.07, 6.45) is 1.49. The van der Waals surface area contributed by atoms with Crippen LogP contribution in [0, 0.1) is 6.92 Å². The van der Waals surface area contributed by atoms with E-state index in [2.05, 4.69) is 10.1 Å². The number of hydrogen-bond acceptors (Lipinski definition) is 5. The number of halogens is 2. The van der Waals surface area contributed by atoms with Gasteiger partial charge in [-0.25, -0.2) is 14.5 Å². The molecule has 2 heterocycles. The molecule has 1 aromatic carbocycles. The second-order valence-corrected chi connectivity index (χ2v) is 6.28. The first kappa shape index (κ1) is 18.1. The van der Waals surface area contributed by atoms with E-state index >= 15 is 0 Å². The fourth-order valence-corrected chi connectivity index (χ4v) is 2.48. The third-order valence-electron chi connectivity index (χ3n) is 3.53. The normalized spacial score (nSPS) is 10.6. The van der Waals surface area contributed by atoms with E-state index in [0.29, 0.717) is 27.1 Å². The van der Waals surface area contributed by atoms with E-state index in [0.717, 1.165) is 0 Å². The molecule has 8 heteroatoms. The van der Waals surface area contributed by atoms with Crippen LogP contribution in [0.5, 0.6) is 0 Å². The zero-order chi connectivity index (χ0) is 18.7. The molecule has 132 valence electrons. The molecule has 0 spiro atoms. The number of pyridine rings is 1. The molecule has 0 amide bonds. The van der Waals surface area contributed by atoms with Gasteiger partial charge >= 0.3 is 5.97 Å². The maximum atomic E-state index is 12.3. The van der Waals surface area contributed by atoms with E-state index in [4.69, 9.17) is 27.9 Å². The Morgan fingerprint density at radius 2 is 1.88 bits per heavy atom. The molecular formula is C18H13Cl2N3O3. The summed E-state index contributed by atoms with van der Waals surface area (Å²) in [5.41, 5.74) is 1.09. The molecule has 26 heavy (non-hydrogen) atoms. The smallest absolute Gasteiger partial charge is 0.363 e. The molecule has 6 nitrogen and oxygen atoms in total. The lowest BCUT2D eigenvalue weighted by molar-refractivity contribution is 0.0461. The minimum absolute atomic E-state index is 0.0427. The van der Waals surface area contributed by atoms with E-state index in [9.17, 15) is 9.59 Å². The van der Waals surface area contributed by atoms with E-state index < -0.39 is 11.4 Å². The van der Waals surface area contributed by atoms with Crippen molar-refractivity contribution < 1.29 is 9.53 Å². The topological polar surface area (TPSA) is 74.1 Å². The van der Waals surface area contributed by atoms with Crippen molar-refractivity contribution in [3.05, 3.63) is 86.0 Å². The highest BCUT2D eigenvalue weighted by molar-refractivity contribution is 6.30. The summed E-state index contributed by atoms with van der Waals surface area (Å²) in [5, 5.41) is 5.06. The maximum absolute atomic E-state index is 12.3. The van der Waals surface area contributed by atoms with Crippen LogP contribution in [0.1, 0.15) is 21.7 Å². The summed E-state index contributed by atoms with van der Waals surface area (Å²) in [4.78, 5) is 28.3. The number of esters is 1. The van der Waals surface area contributed by atoms with Gasteiger partial charge in [0.05, 0.1) is 5.69 Å². The number of ether oxygens (including phenoxy) is 1. The predicted octanol–water partition coefficient (Wildman–Crippen LogP) is 3.60. The van der Waals surface area contributed by atoms with Gasteiger partial charge < -0.3 is 4.74 Å². The van der Waals surface area contributed by atoms with E-state index in [1.54, 1.807) is 43.3 Å². The number of rotatable bonds is 4. The van der Waals surface area contributed by atoms with Gasteiger partial charge in [0.15, 0.2) is 0 Å². The fourth-order valence-electron chi connectivity index (χ4n) is 2.24. The molecular weight excluding hydrogens is 377 g/mol. The standard InChI is InChI=1S/C18H13Cl2N3O3/c1-11-8-15(24)17(22-23(11)14-5-3-13(19)4-6-14)18(25)26-10-12-2-7-16(20)21-9-12/h2-9H,10H2,1H3. The highest BCUT2D eigenvalue weighted by Gasteiger charge is 2.17. The molecule has 3 aromatic rings. The minimum Gasteiger partial charge on any atom is -0.456 e. The van der Waals surface area contributed by atoms with Gasteiger partial charge in [-0.2, -0.15) is 5.10 Å². The Bertz CT molecular complexity index is 1000. The van der Waals surface area contributed by atoms with E-state index in [1.165, 1.54) is 16.9 Å². The van der Waals surface area contributed by atoms with Crippen LogP contribution in [-0.2, 0) is 11.3 Å². The van der Waals surface area contributed by atoms with Crippen LogP contribution in [0.15, 0.2) is 53.5 Å². The van der Waals surface area contributed by atoms with Gasteiger partial charge in [0.2, 0.25) is 11.1 Å². The first-order chi connectivity index (χ1) is 12.4. The molecule has 0 radical (unpaired) electrons. The lowest BCUT2D eigenvalue weighted by atomic mass is 10.3. The molecule has 0 atom stereocenters. The number of aryl methyl sites for hydroxylation is 1. The van der Waals surface area contributed by atoms with Crippen LogP contribution >= 0.6 is 23.2 Å². The summed E-state index contributed by atoms with van der Waals surface area (Å²) in [5.74, 6) is -0.812. The van der Waals surface area contributed by atoms with E-state index in [-0.39, 0.29) is 12.3 Å². The molecule has 0 N–H and O–H groups in total. The number of carbonyl (C=O) groups is 1. The highest BCUT2D eigenvalue weighted by atomic mass is 35.5. The van der Waals surface area contributed by atoms with Crippen molar-refractivity contribution in [2.24, 2.45) is 0 Å². The average molecular weight is 390 g/mol. The van der Waals surface area contributed by atoms with Crippen LogP contribution < -0.4 is 5.43 Å². The summed E-state index contributed by atoms with van der Waals surface area (Å²) in [6, 6.07) is 11.5. The molecule has 2 aromatic heterocycles. The average Bonchev–Trinajstić information content (AvgIpc) is 2.62. The molecule has 0 fully saturated rings. The zero-order valence-corrected chi connectivity index (χ0v) is 15.2. The van der Waals surface area contributed by atoms with Gasteiger partial charge in [0.25, 0.3) is 0 Å². The summed E-state index contributed by atoms with van der Waals surface area (Å²) in [7, 11) is 0. The third-order valence-corrected chi connectivity index (χ3v) is 4.01. The van der Waals surface area contributed by atoms with Gasteiger partial charge in [-0.1, -0.05) is 29.3 Å². The maximum Gasteiger partial charge on any atom is 0.363 e. The van der Waals surface area contributed by atoms with Crippen molar-refractivity contribution in [1.29, 1.82) is 0 Å². The Balaban J connectivity index is 1.85. The minimum atomic E-state index is -0.812. The Morgan fingerprint density at radius 3 is 2.54 bits per heavy atom. The Labute approximate surface area is 159 Å². The largest absolute Gasteiger partial charge is 0.456 e. The summed E-state index contributed by atoms with van der Waals surface area (Å²) >= 11 is 11.6. The van der Waals surface area contributed by atoms with Gasteiger partial charge in [-0.05, 0) is 37.3 Å². The quantitative estimate of drug-likeness (QED) is 0.503. The second kappa shape index (κ2) is 7.68. The van der Waals surface area contributed by atoms with Crippen molar-refractivity contribution >= 4 is 29.2 Å². The Kier molecular flexibility index (Phi) is 5.35. The van der Waals surface area contributed by atoms with Gasteiger partial charge in [-0.3, -0.25) is 4.79 Å². The molecule has 0 aliphatic heterocycles. The molecule has 0 unspecified atom stereocenters. The monoisotopic (exact) mass is 389 g/mol. The molecule has 0 saturated carbocycles. The van der Waals surface area contributed by atoms with Crippen molar-refractivity contribution in [2.45, 2.75) is 13.5 Å². The van der Waals surface area contributed by atoms with Crippen molar-refractivity contribution in [3.8, 4) is 5.69 Å². The Morgan fingerprint density at radius 1 is 1.15 bits per heavy atom. The number of benzene rings is 1. The summed E-state index contributed by atoms with van der Waals surface area (Å²) in [6.45, 7) is 1.68. The summed E-state index contributed by atoms with van der Waals surface area (Å²) < 4.78 is 6.65. The Hall–Kier alpha value is -2.70. The van der Waals surface area contributed by atoms with Gasteiger partial charge in [-0.15, -0.1) is 0 Å². The van der Waals surface area contributed by atoms with Gasteiger partial charge in [0, 0.05) is 28.5 Å². The van der Waals surface area contributed by atoms with Crippen molar-refractivity contribution in [3.63, 3.8) is 0 Å². The molecule has 0 saturated heterocycles. The lowest BCUT2D eigenvalue weighted by Crippen LogP contribution is -2.24. The lowest BCUT2D eigenvalue weighted by Gasteiger charge is -2.11. The first-order valence-corrected chi connectivity index (χ1v) is 8.34.